The maximum absolute atomic E-state index is 12.9. The van der Waals surface area contributed by atoms with Crippen molar-refractivity contribution in [2.75, 3.05) is 13.7 Å². The second-order valence-electron chi connectivity index (χ2n) is 7.06. The van der Waals surface area contributed by atoms with E-state index in [2.05, 4.69) is 0 Å². The molecule has 31 heavy (non-hydrogen) atoms. The number of ether oxygens (including phenoxy) is 2. The van der Waals surface area contributed by atoms with Gasteiger partial charge in [0.2, 0.25) is 11.2 Å². The molecule has 0 bridgehead atoms. The molecule has 0 saturated carbocycles. The summed E-state index contributed by atoms with van der Waals surface area (Å²) >= 11 is 1.59. The summed E-state index contributed by atoms with van der Waals surface area (Å²) in [6.07, 6.45) is 0. The molecule has 2 heterocycles. The van der Waals surface area contributed by atoms with Crippen molar-refractivity contribution in [3.8, 4) is 17.2 Å². The summed E-state index contributed by atoms with van der Waals surface area (Å²) in [5, 5.41) is 4.36. The van der Waals surface area contributed by atoms with E-state index in [1.165, 1.54) is 0 Å². The number of fused-ring (bicyclic) bond motifs is 1. The Balaban J connectivity index is 1.48. The Bertz CT molecular complexity index is 1250. The molecule has 0 aliphatic rings. The number of nitrogens with zero attached hydrogens (tertiary/aromatic N) is 1. The van der Waals surface area contributed by atoms with E-state index < -0.39 is 0 Å². The molecule has 0 fully saturated rings. The molecule has 2 aromatic heterocycles. The number of carbonyl (C=O) groups excluding carboxylic acids is 1. The van der Waals surface area contributed by atoms with Gasteiger partial charge in [0.25, 0.3) is 5.91 Å². The SMILES string of the molecule is Cc1oc2cc(OCC(=O)N(C)Cc3ccsc3)ccc2c(=O)c1Oc1ccccc1. The lowest BCUT2D eigenvalue weighted by Crippen LogP contribution is -2.30. The molecular weight excluding hydrogens is 414 g/mol. The molecule has 0 spiro atoms. The minimum absolute atomic E-state index is 0.107. The predicted octanol–water partition coefficient (Wildman–Crippen LogP) is 4.99. The summed E-state index contributed by atoms with van der Waals surface area (Å²) < 4.78 is 17.2. The Hall–Kier alpha value is -3.58. The molecule has 0 aliphatic heterocycles. The number of hydrogen-bond acceptors (Lipinski definition) is 6. The van der Waals surface area contributed by atoms with E-state index in [1.807, 2.05) is 35.0 Å². The van der Waals surface area contributed by atoms with Gasteiger partial charge in [0.05, 0.1) is 5.39 Å². The van der Waals surface area contributed by atoms with Crippen molar-refractivity contribution in [2.24, 2.45) is 0 Å². The molecule has 0 N–H and O–H groups in total. The number of likely N-dealkylation sites (N-methyl/N-ethyl adjacent to an activating group) is 1. The summed E-state index contributed by atoms with van der Waals surface area (Å²) in [7, 11) is 1.74. The first-order chi connectivity index (χ1) is 15.0. The van der Waals surface area contributed by atoms with E-state index >= 15 is 0 Å². The average Bonchev–Trinajstić information content (AvgIpc) is 3.28. The Kier molecular flexibility index (Phi) is 6.04. The molecule has 1 amide bonds. The van der Waals surface area contributed by atoms with Crippen LogP contribution in [0.5, 0.6) is 17.2 Å². The van der Waals surface area contributed by atoms with Crippen LogP contribution in [0.1, 0.15) is 11.3 Å². The van der Waals surface area contributed by atoms with Crippen molar-refractivity contribution >= 4 is 28.2 Å². The molecule has 0 aliphatic carbocycles. The van der Waals surface area contributed by atoms with Crippen molar-refractivity contribution in [2.45, 2.75) is 13.5 Å². The van der Waals surface area contributed by atoms with Crippen LogP contribution in [-0.2, 0) is 11.3 Å². The van der Waals surface area contributed by atoms with Crippen LogP contribution in [0.3, 0.4) is 0 Å². The van der Waals surface area contributed by atoms with Crippen molar-refractivity contribution in [3.05, 3.63) is 86.9 Å². The average molecular weight is 436 g/mol. The molecule has 7 heteroatoms. The van der Waals surface area contributed by atoms with Gasteiger partial charge in [-0.05, 0) is 53.6 Å². The molecule has 4 aromatic rings. The van der Waals surface area contributed by atoms with Crippen LogP contribution < -0.4 is 14.9 Å². The first kappa shape index (κ1) is 20.7. The van der Waals surface area contributed by atoms with Gasteiger partial charge < -0.3 is 18.8 Å². The van der Waals surface area contributed by atoms with E-state index in [-0.39, 0.29) is 23.7 Å². The highest BCUT2D eigenvalue weighted by Crippen LogP contribution is 2.27. The maximum atomic E-state index is 12.9. The van der Waals surface area contributed by atoms with Gasteiger partial charge in [0, 0.05) is 19.7 Å². The van der Waals surface area contributed by atoms with Gasteiger partial charge in [0.1, 0.15) is 22.8 Å². The highest BCUT2D eigenvalue weighted by Gasteiger charge is 2.15. The smallest absolute Gasteiger partial charge is 0.260 e. The van der Waals surface area contributed by atoms with Crippen molar-refractivity contribution < 1.29 is 18.7 Å². The minimum atomic E-state index is -0.263. The molecule has 6 nitrogen and oxygen atoms in total. The predicted molar refractivity (Wildman–Crippen MR) is 120 cm³/mol. The van der Waals surface area contributed by atoms with E-state index in [0.717, 1.165) is 5.56 Å². The van der Waals surface area contributed by atoms with Crippen LogP contribution in [0.4, 0.5) is 0 Å². The largest absolute Gasteiger partial charge is 0.484 e. The second-order valence-corrected chi connectivity index (χ2v) is 7.84. The molecule has 0 atom stereocenters. The number of rotatable bonds is 7. The Morgan fingerprint density at radius 1 is 1.10 bits per heavy atom. The van der Waals surface area contributed by atoms with E-state index in [1.54, 1.807) is 60.5 Å². The van der Waals surface area contributed by atoms with Crippen LogP contribution >= 0.6 is 11.3 Å². The topological polar surface area (TPSA) is 69.0 Å². The molecule has 158 valence electrons. The monoisotopic (exact) mass is 435 g/mol. The van der Waals surface area contributed by atoms with Gasteiger partial charge in [-0.25, -0.2) is 0 Å². The third-order valence-corrected chi connectivity index (χ3v) is 5.47. The van der Waals surface area contributed by atoms with Gasteiger partial charge in [-0.2, -0.15) is 11.3 Å². The third kappa shape index (κ3) is 4.78. The Morgan fingerprint density at radius 2 is 1.90 bits per heavy atom. The number of benzene rings is 2. The third-order valence-electron chi connectivity index (χ3n) is 4.74. The maximum Gasteiger partial charge on any atom is 0.260 e. The molecule has 4 rings (SSSR count). The van der Waals surface area contributed by atoms with Crippen LogP contribution in [0.25, 0.3) is 11.0 Å². The lowest BCUT2D eigenvalue weighted by molar-refractivity contribution is -0.132. The van der Waals surface area contributed by atoms with Crippen molar-refractivity contribution in [1.82, 2.24) is 4.90 Å². The highest BCUT2D eigenvalue weighted by atomic mass is 32.1. The van der Waals surface area contributed by atoms with Crippen molar-refractivity contribution in [3.63, 3.8) is 0 Å². The minimum Gasteiger partial charge on any atom is -0.484 e. The fraction of sp³-hybridized carbons (Fsp3) is 0.167. The normalized spacial score (nSPS) is 10.8. The second kappa shape index (κ2) is 9.06. The zero-order valence-corrected chi connectivity index (χ0v) is 18.0. The number of amides is 1. The summed E-state index contributed by atoms with van der Waals surface area (Å²) in [4.78, 5) is 26.8. The number of hydrogen-bond donors (Lipinski definition) is 0. The molecule has 0 radical (unpaired) electrons. The molecule has 0 unspecified atom stereocenters. The van der Waals surface area contributed by atoms with Gasteiger partial charge in [0.15, 0.2) is 6.61 Å². The van der Waals surface area contributed by atoms with Gasteiger partial charge in [-0.15, -0.1) is 0 Å². The van der Waals surface area contributed by atoms with Gasteiger partial charge >= 0.3 is 0 Å². The Labute approximate surface area is 183 Å². The van der Waals surface area contributed by atoms with Crippen LogP contribution in [0.15, 0.2) is 74.6 Å². The fourth-order valence-electron chi connectivity index (χ4n) is 3.08. The zero-order chi connectivity index (χ0) is 21.8. The van der Waals surface area contributed by atoms with Gasteiger partial charge in [-0.3, -0.25) is 9.59 Å². The summed E-state index contributed by atoms with van der Waals surface area (Å²) in [6.45, 7) is 2.10. The van der Waals surface area contributed by atoms with Gasteiger partial charge in [-0.1, -0.05) is 18.2 Å². The Morgan fingerprint density at radius 3 is 2.65 bits per heavy atom. The van der Waals surface area contributed by atoms with Crippen molar-refractivity contribution in [1.29, 1.82) is 0 Å². The van der Waals surface area contributed by atoms with E-state index in [0.29, 0.717) is 34.8 Å². The first-order valence-electron chi connectivity index (χ1n) is 9.69. The van der Waals surface area contributed by atoms with Crippen LogP contribution in [0.2, 0.25) is 0 Å². The number of carbonyl (C=O) groups is 1. The zero-order valence-electron chi connectivity index (χ0n) is 17.2. The number of thiophene rings is 1. The lowest BCUT2D eigenvalue weighted by atomic mass is 10.2. The lowest BCUT2D eigenvalue weighted by Gasteiger charge is -2.17. The van der Waals surface area contributed by atoms with Crippen LogP contribution in [-0.4, -0.2) is 24.5 Å². The molecule has 0 saturated heterocycles. The standard InChI is InChI=1S/C24H21NO5S/c1-16-24(30-18-6-4-3-5-7-18)23(27)20-9-8-19(12-21(20)29-16)28-14-22(26)25(2)13-17-10-11-31-15-17/h3-12,15H,13-14H2,1-2H3. The quantitative estimate of drug-likeness (QED) is 0.409. The van der Waals surface area contributed by atoms with E-state index in [9.17, 15) is 9.59 Å². The first-order valence-corrected chi connectivity index (χ1v) is 10.6. The highest BCUT2D eigenvalue weighted by molar-refractivity contribution is 7.07. The summed E-state index contributed by atoms with van der Waals surface area (Å²) in [5.41, 5.74) is 1.19. The molecule has 2 aromatic carbocycles. The summed E-state index contributed by atoms with van der Waals surface area (Å²) in [6, 6.07) is 15.9. The fourth-order valence-corrected chi connectivity index (χ4v) is 3.74. The molecular formula is C24H21NO5S. The number of para-hydroxylation sites is 1. The number of aryl methyl sites for hydroxylation is 1. The van der Waals surface area contributed by atoms with Crippen LogP contribution in [0, 0.1) is 6.92 Å². The summed E-state index contributed by atoms with van der Waals surface area (Å²) in [5.74, 6) is 1.38. The van der Waals surface area contributed by atoms with E-state index in [4.69, 9.17) is 13.9 Å².